The van der Waals surface area contributed by atoms with Crippen molar-refractivity contribution < 1.29 is 0 Å². The van der Waals surface area contributed by atoms with Gasteiger partial charge in [-0.05, 0) is 54.2 Å². The van der Waals surface area contributed by atoms with E-state index in [1.807, 2.05) is 0 Å². The molecule has 0 N–H and O–H groups in total. The molecule has 0 atom stereocenters. The van der Waals surface area contributed by atoms with Crippen molar-refractivity contribution >= 4 is 34.8 Å². The lowest BCUT2D eigenvalue weighted by Crippen LogP contribution is -2.47. The van der Waals surface area contributed by atoms with Crippen LogP contribution in [0.15, 0.2) is 18.2 Å². The van der Waals surface area contributed by atoms with E-state index in [9.17, 15) is 0 Å². The molecular weight excluding hydrogens is 321 g/mol. The molecule has 7 heteroatoms. The number of halogens is 2. The lowest BCUT2D eigenvalue weighted by Gasteiger charge is -2.37. The molecular formula is C15H17Cl2N5. The van der Waals surface area contributed by atoms with Crippen LogP contribution in [0.5, 0.6) is 0 Å². The summed E-state index contributed by atoms with van der Waals surface area (Å²) in [6.45, 7) is 7.77. The Labute approximate surface area is 139 Å². The smallest absolute Gasteiger partial charge is 0.231 e. The van der Waals surface area contributed by atoms with Gasteiger partial charge in [0.15, 0.2) is 0 Å². The van der Waals surface area contributed by atoms with E-state index in [-0.39, 0.29) is 10.6 Å². The van der Waals surface area contributed by atoms with Crippen LogP contribution in [0.4, 0.5) is 11.6 Å². The van der Waals surface area contributed by atoms with Crippen molar-refractivity contribution in [1.29, 1.82) is 0 Å². The minimum absolute atomic E-state index is 0.131. The van der Waals surface area contributed by atoms with Gasteiger partial charge >= 0.3 is 0 Å². The SMILES string of the molecule is Cc1cccc(N2CCN(c3nc(Cl)nc(Cl)n3)CC2)c1C. The van der Waals surface area contributed by atoms with Crippen molar-refractivity contribution in [1.82, 2.24) is 15.0 Å². The molecule has 0 amide bonds. The molecule has 0 unspecified atom stereocenters. The van der Waals surface area contributed by atoms with E-state index < -0.39 is 0 Å². The van der Waals surface area contributed by atoms with E-state index >= 15 is 0 Å². The molecule has 1 fully saturated rings. The van der Waals surface area contributed by atoms with E-state index in [4.69, 9.17) is 23.2 Å². The van der Waals surface area contributed by atoms with Crippen LogP contribution in [0.1, 0.15) is 11.1 Å². The maximum atomic E-state index is 5.85. The summed E-state index contributed by atoms with van der Waals surface area (Å²) in [6, 6.07) is 6.42. The predicted molar refractivity (Wildman–Crippen MR) is 90.2 cm³/mol. The molecule has 0 bridgehead atoms. The number of piperazine rings is 1. The van der Waals surface area contributed by atoms with Gasteiger partial charge in [-0.3, -0.25) is 0 Å². The molecule has 22 heavy (non-hydrogen) atoms. The van der Waals surface area contributed by atoms with Gasteiger partial charge in [-0.2, -0.15) is 15.0 Å². The number of anilines is 2. The van der Waals surface area contributed by atoms with Crippen molar-refractivity contribution in [2.24, 2.45) is 0 Å². The third-order valence-corrected chi connectivity index (χ3v) is 4.39. The zero-order valence-corrected chi connectivity index (χ0v) is 14.1. The number of benzene rings is 1. The van der Waals surface area contributed by atoms with Crippen LogP contribution in [0, 0.1) is 13.8 Å². The summed E-state index contributed by atoms with van der Waals surface area (Å²) in [5.41, 5.74) is 3.95. The maximum Gasteiger partial charge on any atom is 0.231 e. The Morgan fingerprint density at radius 1 is 0.864 bits per heavy atom. The van der Waals surface area contributed by atoms with Gasteiger partial charge in [-0.1, -0.05) is 12.1 Å². The van der Waals surface area contributed by atoms with Crippen LogP contribution in [0.3, 0.4) is 0 Å². The second kappa shape index (κ2) is 6.26. The first kappa shape index (κ1) is 15.3. The van der Waals surface area contributed by atoms with Crippen LogP contribution in [-0.4, -0.2) is 41.1 Å². The monoisotopic (exact) mass is 337 g/mol. The molecule has 5 nitrogen and oxygen atoms in total. The van der Waals surface area contributed by atoms with Gasteiger partial charge in [0.2, 0.25) is 16.5 Å². The number of rotatable bonds is 2. The van der Waals surface area contributed by atoms with Crippen molar-refractivity contribution in [3.05, 3.63) is 39.9 Å². The van der Waals surface area contributed by atoms with E-state index in [1.165, 1.54) is 16.8 Å². The Hall–Kier alpha value is -1.59. The first-order valence-corrected chi connectivity index (χ1v) is 7.93. The maximum absolute atomic E-state index is 5.85. The van der Waals surface area contributed by atoms with Gasteiger partial charge < -0.3 is 9.80 Å². The second-order valence-corrected chi connectivity index (χ2v) is 6.04. The molecule has 2 heterocycles. The largest absolute Gasteiger partial charge is 0.368 e. The van der Waals surface area contributed by atoms with Gasteiger partial charge in [0.25, 0.3) is 0 Å². The fraction of sp³-hybridized carbons (Fsp3) is 0.400. The van der Waals surface area contributed by atoms with E-state index in [0.717, 1.165) is 26.2 Å². The Kier molecular flexibility index (Phi) is 4.36. The zero-order chi connectivity index (χ0) is 15.7. The number of nitrogens with zero attached hydrogens (tertiary/aromatic N) is 5. The highest BCUT2D eigenvalue weighted by Gasteiger charge is 2.21. The lowest BCUT2D eigenvalue weighted by atomic mass is 10.1. The minimum atomic E-state index is 0.131. The molecule has 1 saturated heterocycles. The highest BCUT2D eigenvalue weighted by atomic mass is 35.5. The van der Waals surface area contributed by atoms with E-state index in [1.54, 1.807) is 0 Å². The molecule has 3 rings (SSSR count). The van der Waals surface area contributed by atoms with Gasteiger partial charge in [0.1, 0.15) is 0 Å². The highest BCUT2D eigenvalue weighted by Crippen LogP contribution is 2.25. The average molecular weight is 338 g/mol. The Bertz CT molecular complexity index is 663. The second-order valence-electron chi connectivity index (χ2n) is 5.37. The first-order valence-electron chi connectivity index (χ1n) is 7.18. The normalized spacial score (nSPS) is 15.3. The highest BCUT2D eigenvalue weighted by molar-refractivity contribution is 6.31. The van der Waals surface area contributed by atoms with Gasteiger partial charge in [0.05, 0.1) is 0 Å². The fourth-order valence-electron chi connectivity index (χ4n) is 2.68. The third-order valence-electron chi connectivity index (χ3n) is 4.05. The summed E-state index contributed by atoms with van der Waals surface area (Å²) in [5, 5.41) is 0.263. The van der Waals surface area contributed by atoms with Crippen LogP contribution < -0.4 is 9.80 Å². The Balaban J connectivity index is 1.73. The summed E-state index contributed by atoms with van der Waals surface area (Å²) >= 11 is 11.7. The van der Waals surface area contributed by atoms with Crippen molar-refractivity contribution in [2.45, 2.75) is 13.8 Å². The molecule has 0 spiro atoms. The number of aromatic nitrogens is 3. The van der Waals surface area contributed by atoms with Crippen molar-refractivity contribution in [3.63, 3.8) is 0 Å². The quantitative estimate of drug-likeness (QED) is 0.842. The number of hydrogen-bond donors (Lipinski definition) is 0. The molecule has 0 radical (unpaired) electrons. The zero-order valence-electron chi connectivity index (χ0n) is 12.6. The molecule has 2 aromatic rings. The topological polar surface area (TPSA) is 45.2 Å². The lowest BCUT2D eigenvalue weighted by molar-refractivity contribution is 0.637. The molecule has 1 aromatic heterocycles. The number of hydrogen-bond acceptors (Lipinski definition) is 5. The predicted octanol–water partition coefficient (Wildman–Crippen LogP) is 3.12. The first-order chi connectivity index (χ1) is 10.5. The summed E-state index contributed by atoms with van der Waals surface area (Å²) in [7, 11) is 0. The standard InChI is InChI=1S/C15H17Cl2N5/c1-10-4-3-5-12(11(10)2)21-6-8-22(9-7-21)15-19-13(16)18-14(17)20-15/h3-5H,6-9H2,1-2H3. The van der Waals surface area contributed by atoms with E-state index in [2.05, 4.69) is 56.8 Å². The van der Waals surface area contributed by atoms with Gasteiger partial charge in [0, 0.05) is 31.9 Å². The molecule has 1 aromatic carbocycles. The fourth-order valence-corrected chi connectivity index (χ4v) is 3.04. The summed E-state index contributed by atoms with van der Waals surface area (Å²) in [6.07, 6.45) is 0. The summed E-state index contributed by atoms with van der Waals surface area (Å²) < 4.78 is 0. The molecule has 0 saturated carbocycles. The van der Waals surface area contributed by atoms with Crippen LogP contribution >= 0.6 is 23.2 Å². The van der Waals surface area contributed by atoms with Crippen molar-refractivity contribution in [3.8, 4) is 0 Å². The van der Waals surface area contributed by atoms with Gasteiger partial charge in [-0.15, -0.1) is 0 Å². The molecule has 116 valence electrons. The molecule has 0 aliphatic carbocycles. The molecule has 1 aliphatic rings. The van der Waals surface area contributed by atoms with Gasteiger partial charge in [-0.25, -0.2) is 0 Å². The minimum Gasteiger partial charge on any atom is -0.368 e. The van der Waals surface area contributed by atoms with Crippen LogP contribution in [-0.2, 0) is 0 Å². The van der Waals surface area contributed by atoms with Crippen LogP contribution in [0.2, 0.25) is 10.6 Å². The number of aryl methyl sites for hydroxylation is 1. The summed E-state index contributed by atoms with van der Waals surface area (Å²) in [5.74, 6) is 0.547. The third kappa shape index (κ3) is 3.10. The van der Waals surface area contributed by atoms with E-state index in [0.29, 0.717) is 5.95 Å². The Morgan fingerprint density at radius 2 is 1.45 bits per heavy atom. The summed E-state index contributed by atoms with van der Waals surface area (Å²) in [4.78, 5) is 16.6. The van der Waals surface area contributed by atoms with Crippen LogP contribution in [0.25, 0.3) is 0 Å². The molecule has 1 aliphatic heterocycles. The average Bonchev–Trinajstić information content (AvgIpc) is 2.49. The Morgan fingerprint density at radius 3 is 2.09 bits per heavy atom. The van der Waals surface area contributed by atoms with Crippen molar-refractivity contribution in [2.75, 3.05) is 36.0 Å².